The van der Waals surface area contributed by atoms with Crippen LogP contribution in [0.15, 0.2) is 41.3 Å². The lowest BCUT2D eigenvalue weighted by molar-refractivity contribution is 0.839. The molecule has 0 bridgehead atoms. The highest BCUT2D eigenvalue weighted by Crippen LogP contribution is 2.25. The van der Waals surface area contributed by atoms with Crippen molar-refractivity contribution in [2.75, 3.05) is 0 Å². The molecule has 4 rings (SSSR count). The molecule has 0 N–H and O–H groups in total. The second-order valence-electron chi connectivity index (χ2n) is 6.00. The lowest BCUT2D eigenvalue weighted by Gasteiger charge is -2.09. The topological polar surface area (TPSA) is 52.7 Å². The summed E-state index contributed by atoms with van der Waals surface area (Å²) in [5.74, 6) is 0. The summed E-state index contributed by atoms with van der Waals surface area (Å²) in [7, 11) is 7.71. The van der Waals surface area contributed by atoms with Crippen LogP contribution in [0, 0.1) is 13.8 Å². The minimum absolute atomic E-state index is 0.129. The van der Waals surface area contributed by atoms with E-state index in [1.165, 1.54) is 0 Å². The minimum atomic E-state index is -0.129. The number of imidazole rings is 1. The van der Waals surface area contributed by atoms with Crippen molar-refractivity contribution in [3.05, 3.63) is 58.4 Å². The smallest absolute Gasteiger partial charge is 0.293 e. The summed E-state index contributed by atoms with van der Waals surface area (Å²) in [5.41, 5.74) is 5.36. The third-order valence-corrected chi connectivity index (χ3v) is 4.35. The molecule has 0 saturated heterocycles. The fourth-order valence-corrected chi connectivity index (χ4v) is 3.15. The van der Waals surface area contributed by atoms with Gasteiger partial charge in [-0.1, -0.05) is 17.6 Å². The normalized spacial score (nSPS) is 11.5. The van der Waals surface area contributed by atoms with E-state index in [0.29, 0.717) is 5.46 Å². The van der Waals surface area contributed by atoms with Crippen molar-refractivity contribution in [3.63, 3.8) is 0 Å². The molecule has 5 nitrogen and oxygen atoms in total. The lowest BCUT2D eigenvalue weighted by Crippen LogP contribution is -2.21. The summed E-state index contributed by atoms with van der Waals surface area (Å²) in [6.45, 7) is 3.84. The molecule has 3 aromatic heterocycles. The summed E-state index contributed by atoms with van der Waals surface area (Å²) >= 11 is 0. The quantitative estimate of drug-likeness (QED) is 0.502. The Labute approximate surface area is 140 Å². The first-order valence-electron chi connectivity index (χ1n) is 7.67. The van der Waals surface area contributed by atoms with Gasteiger partial charge in [0.05, 0.1) is 34.1 Å². The van der Waals surface area contributed by atoms with E-state index in [4.69, 9.17) is 7.85 Å². The summed E-state index contributed by atoms with van der Waals surface area (Å²) in [4.78, 5) is 21.8. The van der Waals surface area contributed by atoms with Gasteiger partial charge in [-0.25, -0.2) is 4.79 Å². The molecular weight excluding hydrogens is 299 g/mol. The molecule has 2 radical (unpaired) electrons. The average Bonchev–Trinajstić information content (AvgIpc) is 2.80. The predicted octanol–water partition coefficient (Wildman–Crippen LogP) is 1.68. The number of aryl methyl sites for hydroxylation is 3. The van der Waals surface area contributed by atoms with Gasteiger partial charge in [-0.2, -0.15) is 0 Å². The first-order valence-corrected chi connectivity index (χ1v) is 7.67. The van der Waals surface area contributed by atoms with Gasteiger partial charge in [0.1, 0.15) is 7.85 Å². The number of rotatable bonds is 1. The Balaban J connectivity index is 2.24. The zero-order chi connectivity index (χ0) is 17.0. The molecule has 6 heteroatoms. The Morgan fingerprint density at radius 1 is 1.12 bits per heavy atom. The van der Waals surface area contributed by atoms with Crippen LogP contribution in [0.5, 0.6) is 0 Å². The summed E-state index contributed by atoms with van der Waals surface area (Å²) in [6.07, 6.45) is 1.72. The first-order chi connectivity index (χ1) is 11.5. The van der Waals surface area contributed by atoms with Crippen molar-refractivity contribution >= 4 is 35.2 Å². The van der Waals surface area contributed by atoms with Gasteiger partial charge in [-0.3, -0.25) is 19.1 Å². The van der Waals surface area contributed by atoms with Gasteiger partial charge in [0, 0.05) is 18.1 Å². The van der Waals surface area contributed by atoms with Crippen LogP contribution < -0.4 is 11.2 Å². The Kier molecular flexibility index (Phi) is 3.10. The Hall–Kier alpha value is -2.89. The fourth-order valence-electron chi connectivity index (χ4n) is 3.15. The summed E-state index contributed by atoms with van der Waals surface area (Å²) < 4.78 is 3.30. The monoisotopic (exact) mass is 314 g/mol. The van der Waals surface area contributed by atoms with Crippen LogP contribution in [-0.4, -0.2) is 26.9 Å². The Bertz CT molecular complexity index is 1170. The maximum atomic E-state index is 12.9. The maximum absolute atomic E-state index is 12.9. The van der Waals surface area contributed by atoms with Gasteiger partial charge in [0.25, 0.3) is 0 Å². The van der Waals surface area contributed by atoms with E-state index in [-0.39, 0.29) is 5.69 Å². The van der Waals surface area contributed by atoms with E-state index in [0.717, 1.165) is 39.0 Å². The predicted molar refractivity (Wildman–Crippen MR) is 96.5 cm³/mol. The third kappa shape index (κ3) is 1.99. The number of hydrogen-bond donors (Lipinski definition) is 0. The van der Waals surface area contributed by atoms with Crippen molar-refractivity contribution in [3.8, 4) is 5.69 Å². The van der Waals surface area contributed by atoms with E-state index in [2.05, 4.69) is 9.97 Å². The summed E-state index contributed by atoms with van der Waals surface area (Å²) in [5, 5.41) is 0.852. The van der Waals surface area contributed by atoms with Crippen molar-refractivity contribution in [2.24, 2.45) is 7.05 Å². The molecular formula is C18H15BN4O. The molecule has 24 heavy (non-hydrogen) atoms. The van der Waals surface area contributed by atoms with Crippen LogP contribution in [0.25, 0.3) is 27.6 Å². The van der Waals surface area contributed by atoms with E-state index in [9.17, 15) is 4.79 Å². The Morgan fingerprint density at radius 2 is 1.92 bits per heavy atom. The number of fused-ring (bicyclic) bond motifs is 3. The van der Waals surface area contributed by atoms with E-state index in [1.54, 1.807) is 22.4 Å². The maximum Gasteiger partial charge on any atom is 0.333 e. The van der Waals surface area contributed by atoms with Crippen LogP contribution >= 0.6 is 0 Å². The zero-order valence-electron chi connectivity index (χ0n) is 13.7. The lowest BCUT2D eigenvalue weighted by atomic mass is 9.94. The number of nitrogens with zero attached hydrogens (tertiary/aromatic N) is 4. The molecule has 4 aromatic rings. The zero-order valence-corrected chi connectivity index (χ0v) is 13.7. The number of hydrogen-bond acceptors (Lipinski definition) is 3. The highest BCUT2D eigenvalue weighted by molar-refractivity contribution is 6.33. The van der Waals surface area contributed by atoms with Crippen molar-refractivity contribution in [1.82, 2.24) is 19.1 Å². The molecule has 0 fully saturated rings. The van der Waals surface area contributed by atoms with Crippen LogP contribution in [0.1, 0.15) is 11.4 Å². The van der Waals surface area contributed by atoms with Crippen LogP contribution in [-0.2, 0) is 7.05 Å². The van der Waals surface area contributed by atoms with Gasteiger partial charge in [0.15, 0.2) is 0 Å². The largest absolute Gasteiger partial charge is 0.333 e. The number of aromatic nitrogens is 4. The van der Waals surface area contributed by atoms with E-state index >= 15 is 0 Å². The molecule has 3 heterocycles. The molecule has 116 valence electrons. The van der Waals surface area contributed by atoms with Gasteiger partial charge < -0.3 is 0 Å². The molecule has 0 aliphatic heterocycles. The van der Waals surface area contributed by atoms with Crippen molar-refractivity contribution < 1.29 is 0 Å². The van der Waals surface area contributed by atoms with Crippen LogP contribution in [0.4, 0.5) is 0 Å². The third-order valence-electron chi connectivity index (χ3n) is 4.35. The molecule has 0 unspecified atom stereocenters. The minimum Gasteiger partial charge on any atom is -0.293 e. The molecule has 0 spiro atoms. The SMILES string of the molecule is [B]c1ccc2ncc3c(c2c1)n(-c1ccc(C)nc1C)c(=O)n3C. The summed E-state index contributed by atoms with van der Waals surface area (Å²) in [6, 6.07) is 9.37. The first kappa shape index (κ1) is 14.7. The van der Waals surface area contributed by atoms with E-state index < -0.39 is 0 Å². The van der Waals surface area contributed by atoms with Crippen molar-refractivity contribution in [2.45, 2.75) is 13.8 Å². The average molecular weight is 314 g/mol. The second-order valence-corrected chi connectivity index (χ2v) is 6.00. The molecule has 1 aromatic carbocycles. The van der Waals surface area contributed by atoms with Crippen molar-refractivity contribution in [1.29, 1.82) is 0 Å². The van der Waals surface area contributed by atoms with E-state index in [1.807, 2.05) is 44.2 Å². The highest BCUT2D eigenvalue weighted by atomic mass is 16.1. The highest BCUT2D eigenvalue weighted by Gasteiger charge is 2.17. The van der Waals surface area contributed by atoms with Crippen LogP contribution in [0.3, 0.4) is 0 Å². The molecule has 0 saturated carbocycles. The molecule has 0 amide bonds. The molecule has 0 atom stereocenters. The van der Waals surface area contributed by atoms with Gasteiger partial charge in [0.2, 0.25) is 0 Å². The number of pyridine rings is 2. The van der Waals surface area contributed by atoms with Gasteiger partial charge >= 0.3 is 5.69 Å². The fraction of sp³-hybridized carbons (Fsp3) is 0.167. The molecule has 0 aliphatic rings. The molecule has 0 aliphatic carbocycles. The van der Waals surface area contributed by atoms with Gasteiger partial charge in [-0.15, -0.1) is 0 Å². The van der Waals surface area contributed by atoms with Crippen LogP contribution in [0.2, 0.25) is 0 Å². The number of benzene rings is 1. The van der Waals surface area contributed by atoms with Gasteiger partial charge in [-0.05, 0) is 32.0 Å². The second kappa shape index (κ2) is 5.06. The Morgan fingerprint density at radius 3 is 2.67 bits per heavy atom. The standard InChI is InChI=1S/C18H15BN4O/c1-10-4-7-15(11(2)21-10)23-17-13-8-12(19)5-6-14(13)20-9-16(17)22(3)18(23)24/h4-9H,1-3H3.